The molecule has 0 bridgehead atoms. The standard InChI is InChI=1S/C11H13FN2O/c1-8(2)11(15)14-13-7-9-5-3-4-6-10(9)12/h3-8H,1-2H3,(H,14,15). The summed E-state index contributed by atoms with van der Waals surface area (Å²) in [6.07, 6.45) is 1.29. The zero-order valence-corrected chi connectivity index (χ0v) is 8.70. The number of carbonyl (C=O) groups is 1. The molecule has 1 rings (SSSR count). The lowest BCUT2D eigenvalue weighted by molar-refractivity contribution is -0.123. The van der Waals surface area contributed by atoms with E-state index in [-0.39, 0.29) is 17.6 Å². The van der Waals surface area contributed by atoms with Gasteiger partial charge in [-0.05, 0) is 6.07 Å². The molecule has 0 fully saturated rings. The fourth-order valence-corrected chi connectivity index (χ4v) is 0.874. The van der Waals surface area contributed by atoms with Crippen LogP contribution in [0.4, 0.5) is 4.39 Å². The Morgan fingerprint density at radius 1 is 1.47 bits per heavy atom. The first kappa shape index (κ1) is 11.4. The molecule has 1 N–H and O–H groups in total. The zero-order chi connectivity index (χ0) is 11.3. The van der Waals surface area contributed by atoms with Gasteiger partial charge >= 0.3 is 0 Å². The van der Waals surface area contributed by atoms with Crippen molar-refractivity contribution in [3.8, 4) is 0 Å². The summed E-state index contributed by atoms with van der Waals surface area (Å²) >= 11 is 0. The van der Waals surface area contributed by atoms with Crippen molar-refractivity contribution in [2.24, 2.45) is 11.0 Å². The van der Waals surface area contributed by atoms with Crippen molar-refractivity contribution in [1.82, 2.24) is 5.43 Å². The summed E-state index contributed by atoms with van der Waals surface area (Å²) in [4.78, 5) is 11.1. The minimum Gasteiger partial charge on any atom is -0.273 e. The molecule has 3 nitrogen and oxygen atoms in total. The quantitative estimate of drug-likeness (QED) is 0.598. The van der Waals surface area contributed by atoms with Gasteiger partial charge in [0, 0.05) is 11.5 Å². The Hall–Kier alpha value is -1.71. The molecule has 0 spiro atoms. The maximum Gasteiger partial charge on any atom is 0.242 e. The van der Waals surface area contributed by atoms with E-state index in [0.717, 1.165) is 0 Å². The van der Waals surface area contributed by atoms with Crippen LogP contribution >= 0.6 is 0 Å². The van der Waals surface area contributed by atoms with Crippen LogP contribution in [0.15, 0.2) is 29.4 Å². The van der Waals surface area contributed by atoms with Crippen molar-refractivity contribution in [1.29, 1.82) is 0 Å². The van der Waals surface area contributed by atoms with E-state index in [4.69, 9.17) is 0 Å². The van der Waals surface area contributed by atoms with Crippen LogP contribution in [-0.2, 0) is 4.79 Å². The van der Waals surface area contributed by atoms with Crippen molar-refractivity contribution in [3.05, 3.63) is 35.6 Å². The smallest absolute Gasteiger partial charge is 0.242 e. The molecule has 0 atom stereocenters. The molecule has 0 aliphatic heterocycles. The molecule has 0 saturated heterocycles. The third-order valence-corrected chi connectivity index (χ3v) is 1.81. The second-order valence-corrected chi connectivity index (χ2v) is 3.41. The van der Waals surface area contributed by atoms with Gasteiger partial charge in [-0.2, -0.15) is 5.10 Å². The first-order chi connectivity index (χ1) is 7.11. The van der Waals surface area contributed by atoms with E-state index >= 15 is 0 Å². The molecule has 0 radical (unpaired) electrons. The van der Waals surface area contributed by atoms with Crippen LogP contribution in [0.3, 0.4) is 0 Å². The van der Waals surface area contributed by atoms with Crippen LogP contribution in [0, 0.1) is 11.7 Å². The average molecular weight is 208 g/mol. The van der Waals surface area contributed by atoms with Gasteiger partial charge in [0.2, 0.25) is 5.91 Å². The summed E-state index contributed by atoms with van der Waals surface area (Å²) < 4.78 is 13.1. The maximum absolute atomic E-state index is 13.1. The number of hydrazone groups is 1. The predicted molar refractivity (Wildman–Crippen MR) is 57.0 cm³/mol. The van der Waals surface area contributed by atoms with Crippen molar-refractivity contribution >= 4 is 12.1 Å². The molecule has 0 unspecified atom stereocenters. The van der Waals surface area contributed by atoms with Crippen molar-refractivity contribution in [3.63, 3.8) is 0 Å². The van der Waals surface area contributed by atoms with Gasteiger partial charge < -0.3 is 0 Å². The van der Waals surface area contributed by atoms with Crippen LogP contribution < -0.4 is 5.43 Å². The molecule has 1 aromatic rings. The van der Waals surface area contributed by atoms with Gasteiger partial charge in [0.15, 0.2) is 0 Å². The molecule has 0 aromatic heterocycles. The lowest BCUT2D eigenvalue weighted by Crippen LogP contribution is -2.22. The largest absolute Gasteiger partial charge is 0.273 e. The second-order valence-electron chi connectivity index (χ2n) is 3.41. The van der Waals surface area contributed by atoms with Gasteiger partial charge in [0.05, 0.1) is 6.21 Å². The number of amides is 1. The predicted octanol–water partition coefficient (Wildman–Crippen LogP) is 1.93. The van der Waals surface area contributed by atoms with E-state index in [2.05, 4.69) is 10.5 Å². The Morgan fingerprint density at radius 2 is 2.13 bits per heavy atom. The van der Waals surface area contributed by atoms with E-state index in [1.54, 1.807) is 32.0 Å². The highest BCUT2D eigenvalue weighted by Crippen LogP contribution is 2.02. The van der Waals surface area contributed by atoms with Crippen LogP contribution in [0.1, 0.15) is 19.4 Å². The highest BCUT2D eigenvalue weighted by Gasteiger charge is 2.04. The SMILES string of the molecule is CC(C)C(=O)NN=Cc1ccccc1F. The zero-order valence-electron chi connectivity index (χ0n) is 8.70. The van der Waals surface area contributed by atoms with E-state index in [9.17, 15) is 9.18 Å². The summed E-state index contributed by atoms with van der Waals surface area (Å²) in [5.74, 6) is -0.689. The van der Waals surface area contributed by atoms with Crippen molar-refractivity contribution in [2.75, 3.05) is 0 Å². The van der Waals surface area contributed by atoms with E-state index in [1.807, 2.05) is 0 Å². The second kappa shape index (κ2) is 5.24. The van der Waals surface area contributed by atoms with Gasteiger partial charge in [0.25, 0.3) is 0 Å². The fourth-order valence-electron chi connectivity index (χ4n) is 0.874. The van der Waals surface area contributed by atoms with Gasteiger partial charge in [-0.15, -0.1) is 0 Å². The van der Waals surface area contributed by atoms with Crippen LogP contribution in [0.2, 0.25) is 0 Å². The van der Waals surface area contributed by atoms with Crippen LogP contribution in [-0.4, -0.2) is 12.1 Å². The molecule has 1 aromatic carbocycles. The molecule has 4 heteroatoms. The summed E-state index contributed by atoms with van der Waals surface area (Å²) in [5, 5.41) is 3.66. The molecule has 80 valence electrons. The van der Waals surface area contributed by atoms with Crippen molar-refractivity contribution < 1.29 is 9.18 Å². The normalized spacial score (nSPS) is 10.9. The molecule has 0 heterocycles. The summed E-state index contributed by atoms with van der Waals surface area (Å²) in [6.45, 7) is 3.52. The van der Waals surface area contributed by atoms with E-state index in [1.165, 1.54) is 12.3 Å². The fraction of sp³-hybridized carbons (Fsp3) is 0.273. The van der Waals surface area contributed by atoms with E-state index < -0.39 is 0 Å². The number of carbonyl (C=O) groups excluding carboxylic acids is 1. The Kier molecular flexibility index (Phi) is 3.97. The molecule has 15 heavy (non-hydrogen) atoms. The Balaban J connectivity index is 2.59. The third kappa shape index (κ3) is 3.50. The van der Waals surface area contributed by atoms with Crippen LogP contribution in [0.25, 0.3) is 0 Å². The highest BCUT2D eigenvalue weighted by molar-refractivity contribution is 5.83. The van der Waals surface area contributed by atoms with Crippen LogP contribution in [0.5, 0.6) is 0 Å². The number of hydrogen-bond donors (Lipinski definition) is 1. The Bertz CT molecular complexity index is 375. The summed E-state index contributed by atoms with van der Waals surface area (Å²) in [7, 11) is 0. The lowest BCUT2D eigenvalue weighted by Gasteiger charge is -2.01. The van der Waals surface area contributed by atoms with E-state index in [0.29, 0.717) is 5.56 Å². The van der Waals surface area contributed by atoms with Gasteiger partial charge in [-0.3, -0.25) is 4.79 Å². The monoisotopic (exact) mass is 208 g/mol. The third-order valence-electron chi connectivity index (χ3n) is 1.81. The molecule has 0 aliphatic carbocycles. The highest BCUT2D eigenvalue weighted by atomic mass is 19.1. The number of nitrogens with one attached hydrogen (secondary N) is 1. The minimum atomic E-state index is -0.361. The molecule has 0 aliphatic rings. The first-order valence-corrected chi connectivity index (χ1v) is 4.68. The van der Waals surface area contributed by atoms with Gasteiger partial charge in [-0.25, -0.2) is 9.82 Å². The average Bonchev–Trinajstić information content (AvgIpc) is 2.20. The number of halogens is 1. The number of benzene rings is 1. The van der Waals surface area contributed by atoms with Gasteiger partial charge in [0.1, 0.15) is 5.82 Å². The number of hydrogen-bond acceptors (Lipinski definition) is 2. The molecule has 0 saturated carbocycles. The lowest BCUT2D eigenvalue weighted by atomic mass is 10.2. The maximum atomic E-state index is 13.1. The molecular weight excluding hydrogens is 195 g/mol. The summed E-state index contributed by atoms with van der Waals surface area (Å²) in [6, 6.07) is 6.22. The number of rotatable bonds is 3. The topological polar surface area (TPSA) is 41.5 Å². The number of nitrogens with zero attached hydrogens (tertiary/aromatic N) is 1. The Labute approximate surface area is 88.0 Å². The van der Waals surface area contributed by atoms with Gasteiger partial charge in [-0.1, -0.05) is 32.0 Å². The molecular formula is C11H13FN2O. The van der Waals surface area contributed by atoms with Crippen molar-refractivity contribution in [2.45, 2.75) is 13.8 Å². The Morgan fingerprint density at radius 3 is 2.73 bits per heavy atom. The summed E-state index contributed by atoms with van der Waals surface area (Å²) in [5.41, 5.74) is 2.67. The molecule has 1 amide bonds. The minimum absolute atomic E-state index is 0.136. The first-order valence-electron chi connectivity index (χ1n) is 4.68.